The molecule has 2 nitrogen and oxygen atoms in total. The van der Waals surface area contributed by atoms with Crippen molar-refractivity contribution in [1.82, 2.24) is 0 Å². The molecule has 0 saturated carbocycles. The third-order valence-electron chi connectivity index (χ3n) is 2.95. The highest BCUT2D eigenvalue weighted by molar-refractivity contribution is 5.59. The number of hydrogen-bond acceptors (Lipinski definition) is 2. The van der Waals surface area contributed by atoms with E-state index in [4.69, 9.17) is 4.84 Å². The first-order valence-corrected chi connectivity index (χ1v) is 5.67. The maximum absolute atomic E-state index is 5.26. The molecule has 0 aromatic heterocycles. The van der Waals surface area contributed by atoms with E-state index in [2.05, 4.69) is 46.8 Å². The molecule has 0 unspecified atom stereocenters. The Kier molecular flexibility index (Phi) is 3.64. The van der Waals surface area contributed by atoms with Crippen molar-refractivity contribution in [2.45, 2.75) is 40.0 Å². The summed E-state index contributed by atoms with van der Waals surface area (Å²) in [5.41, 5.74) is 5.24. The predicted octanol–water partition coefficient (Wildman–Crippen LogP) is 3.60. The summed E-state index contributed by atoms with van der Waals surface area (Å²) in [6.07, 6.45) is 0. The maximum Gasteiger partial charge on any atom is 0.0691 e. The summed E-state index contributed by atoms with van der Waals surface area (Å²) in [5.74, 6) is 0. The van der Waals surface area contributed by atoms with Gasteiger partial charge >= 0.3 is 0 Å². The van der Waals surface area contributed by atoms with E-state index < -0.39 is 0 Å². The number of benzene rings is 1. The largest absolute Gasteiger partial charge is 0.277 e. The maximum atomic E-state index is 5.26. The molecule has 0 fully saturated rings. The number of rotatable bonds is 2. The molecule has 1 aromatic carbocycles. The van der Waals surface area contributed by atoms with Gasteiger partial charge in [-0.05, 0) is 36.0 Å². The van der Waals surface area contributed by atoms with Crippen LogP contribution in [0.2, 0.25) is 0 Å². The number of aryl methyl sites for hydroxylation is 2. The molecule has 1 rings (SSSR count). The molecular weight excluding hydrogens is 198 g/mol. The Hall–Kier alpha value is -1.02. The van der Waals surface area contributed by atoms with Gasteiger partial charge in [-0.15, -0.1) is 0 Å². The van der Waals surface area contributed by atoms with Gasteiger partial charge in [0.2, 0.25) is 0 Å². The minimum Gasteiger partial charge on any atom is -0.277 e. The zero-order valence-electron chi connectivity index (χ0n) is 11.5. The van der Waals surface area contributed by atoms with E-state index in [0.717, 1.165) is 5.69 Å². The third-order valence-corrected chi connectivity index (χ3v) is 2.95. The van der Waals surface area contributed by atoms with Crippen LogP contribution in [0.5, 0.6) is 0 Å². The lowest BCUT2D eigenvalue weighted by Gasteiger charge is -2.25. The van der Waals surface area contributed by atoms with E-state index in [0.29, 0.717) is 0 Å². The molecule has 0 aliphatic carbocycles. The number of hydroxylamine groups is 1. The van der Waals surface area contributed by atoms with Crippen molar-refractivity contribution in [3.05, 3.63) is 28.8 Å². The fourth-order valence-electron chi connectivity index (χ4n) is 1.98. The molecule has 16 heavy (non-hydrogen) atoms. The van der Waals surface area contributed by atoms with Gasteiger partial charge in [-0.2, -0.15) is 0 Å². The Labute approximate surface area is 99.2 Å². The van der Waals surface area contributed by atoms with Crippen LogP contribution in [-0.2, 0) is 10.3 Å². The average Bonchev–Trinajstić information content (AvgIpc) is 2.14. The Morgan fingerprint density at radius 1 is 1.06 bits per heavy atom. The predicted molar refractivity (Wildman–Crippen MR) is 70.0 cm³/mol. The van der Waals surface area contributed by atoms with E-state index in [1.54, 1.807) is 7.11 Å². The van der Waals surface area contributed by atoms with E-state index in [-0.39, 0.29) is 5.41 Å². The average molecular weight is 221 g/mol. The van der Waals surface area contributed by atoms with Crippen LogP contribution >= 0.6 is 0 Å². The molecule has 0 aliphatic rings. The lowest BCUT2D eigenvalue weighted by molar-refractivity contribution is 0.184. The van der Waals surface area contributed by atoms with Crippen LogP contribution in [-0.4, -0.2) is 14.2 Å². The van der Waals surface area contributed by atoms with Crippen molar-refractivity contribution in [2.24, 2.45) is 0 Å². The quantitative estimate of drug-likeness (QED) is 0.707. The molecule has 1 aromatic rings. The first-order chi connectivity index (χ1) is 7.27. The van der Waals surface area contributed by atoms with Gasteiger partial charge in [0.1, 0.15) is 0 Å². The van der Waals surface area contributed by atoms with Crippen LogP contribution in [0.1, 0.15) is 37.5 Å². The molecule has 90 valence electrons. The second-order valence-corrected chi connectivity index (χ2v) is 5.39. The van der Waals surface area contributed by atoms with Crippen molar-refractivity contribution in [2.75, 3.05) is 19.2 Å². The Balaban J connectivity index is 3.28. The number of nitrogens with zero attached hydrogens (tertiary/aromatic N) is 1. The summed E-state index contributed by atoms with van der Waals surface area (Å²) in [6.45, 7) is 11.0. The van der Waals surface area contributed by atoms with Gasteiger partial charge in [-0.3, -0.25) is 9.90 Å². The summed E-state index contributed by atoms with van der Waals surface area (Å²) in [5, 5.41) is 1.82. The summed E-state index contributed by atoms with van der Waals surface area (Å²) < 4.78 is 0. The van der Waals surface area contributed by atoms with Crippen LogP contribution in [0.3, 0.4) is 0 Å². The van der Waals surface area contributed by atoms with Crippen molar-refractivity contribution < 1.29 is 4.84 Å². The van der Waals surface area contributed by atoms with Crippen molar-refractivity contribution in [3.8, 4) is 0 Å². The van der Waals surface area contributed by atoms with E-state index in [1.807, 2.05) is 12.1 Å². The second-order valence-electron chi connectivity index (χ2n) is 5.39. The zero-order valence-corrected chi connectivity index (χ0v) is 11.5. The molecular formula is C14H23NO. The standard InChI is InChI=1S/C14H23NO/c1-10-8-12(14(3,4)5)9-11(2)13(10)15(6)16-7/h8-9H,1-7H3. The number of anilines is 1. The van der Waals surface area contributed by atoms with Crippen LogP contribution in [0.25, 0.3) is 0 Å². The van der Waals surface area contributed by atoms with Crippen LogP contribution < -0.4 is 5.06 Å². The van der Waals surface area contributed by atoms with Gasteiger partial charge in [0.05, 0.1) is 12.8 Å². The molecule has 0 spiro atoms. The van der Waals surface area contributed by atoms with Crippen LogP contribution in [0.15, 0.2) is 12.1 Å². The highest BCUT2D eigenvalue weighted by atomic mass is 16.7. The van der Waals surface area contributed by atoms with Gasteiger partial charge in [-0.1, -0.05) is 32.9 Å². The third kappa shape index (κ3) is 2.56. The molecule has 0 atom stereocenters. The highest BCUT2D eigenvalue weighted by Crippen LogP contribution is 2.31. The Bertz CT molecular complexity index is 354. The Morgan fingerprint density at radius 2 is 1.50 bits per heavy atom. The van der Waals surface area contributed by atoms with Gasteiger partial charge in [0.25, 0.3) is 0 Å². The van der Waals surface area contributed by atoms with Crippen LogP contribution in [0, 0.1) is 13.8 Å². The van der Waals surface area contributed by atoms with Gasteiger partial charge in [0, 0.05) is 7.05 Å². The summed E-state index contributed by atoms with van der Waals surface area (Å²) in [6, 6.07) is 4.50. The normalized spacial score (nSPS) is 11.7. The van der Waals surface area contributed by atoms with Gasteiger partial charge in [-0.25, -0.2) is 0 Å². The van der Waals surface area contributed by atoms with Crippen molar-refractivity contribution in [1.29, 1.82) is 0 Å². The summed E-state index contributed by atoms with van der Waals surface area (Å²) in [4.78, 5) is 5.26. The molecule has 0 bridgehead atoms. The smallest absolute Gasteiger partial charge is 0.0691 e. The van der Waals surface area contributed by atoms with E-state index in [9.17, 15) is 0 Å². The lowest BCUT2D eigenvalue weighted by Crippen LogP contribution is -2.19. The van der Waals surface area contributed by atoms with Gasteiger partial charge in [0.15, 0.2) is 0 Å². The topological polar surface area (TPSA) is 12.5 Å². The fraction of sp³-hybridized carbons (Fsp3) is 0.571. The fourth-order valence-corrected chi connectivity index (χ4v) is 1.98. The lowest BCUT2D eigenvalue weighted by atomic mass is 9.85. The molecule has 2 heteroatoms. The molecule has 0 amide bonds. The second kappa shape index (κ2) is 4.46. The molecule has 0 N–H and O–H groups in total. The van der Waals surface area contributed by atoms with E-state index in [1.165, 1.54) is 16.7 Å². The van der Waals surface area contributed by atoms with Crippen LogP contribution in [0.4, 0.5) is 5.69 Å². The van der Waals surface area contributed by atoms with Crippen molar-refractivity contribution >= 4 is 5.69 Å². The SMILES string of the molecule is CON(C)c1c(C)cc(C(C)(C)C)cc1C. The molecule has 0 radical (unpaired) electrons. The van der Waals surface area contributed by atoms with E-state index >= 15 is 0 Å². The summed E-state index contributed by atoms with van der Waals surface area (Å²) >= 11 is 0. The molecule has 0 aliphatic heterocycles. The first-order valence-electron chi connectivity index (χ1n) is 5.67. The minimum absolute atomic E-state index is 0.194. The monoisotopic (exact) mass is 221 g/mol. The molecule has 0 saturated heterocycles. The van der Waals surface area contributed by atoms with Crippen molar-refractivity contribution in [3.63, 3.8) is 0 Å². The highest BCUT2D eigenvalue weighted by Gasteiger charge is 2.17. The minimum atomic E-state index is 0.194. The number of hydrogen-bond donors (Lipinski definition) is 0. The summed E-state index contributed by atoms with van der Waals surface area (Å²) in [7, 11) is 3.63. The first kappa shape index (κ1) is 13.0. The van der Waals surface area contributed by atoms with Gasteiger partial charge < -0.3 is 0 Å². The zero-order chi connectivity index (χ0) is 12.5. The Morgan fingerprint density at radius 3 is 1.81 bits per heavy atom. The molecule has 0 heterocycles.